The molecule has 1 amide bonds. The number of hydrogen-bond donors (Lipinski definition) is 2. The second kappa shape index (κ2) is 8.21. The summed E-state index contributed by atoms with van der Waals surface area (Å²) in [5.41, 5.74) is 9.50. The van der Waals surface area contributed by atoms with E-state index in [0.29, 0.717) is 22.6 Å². The van der Waals surface area contributed by atoms with Crippen LogP contribution in [0.25, 0.3) is 22.0 Å². The summed E-state index contributed by atoms with van der Waals surface area (Å²) < 4.78 is 5.63. The van der Waals surface area contributed by atoms with E-state index in [9.17, 15) is 4.79 Å². The fourth-order valence-corrected chi connectivity index (χ4v) is 3.24. The van der Waals surface area contributed by atoms with E-state index in [4.69, 9.17) is 10.5 Å². The number of aromatic nitrogens is 2. The van der Waals surface area contributed by atoms with E-state index in [2.05, 4.69) is 15.3 Å². The van der Waals surface area contributed by atoms with Crippen molar-refractivity contribution >= 4 is 28.3 Å². The van der Waals surface area contributed by atoms with E-state index in [1.807, 2.05) is 44.2 Å². The number of carbonyl (C=O) groups excluding carboxylic acids is 1. The first kappa shape index (κ1) is 19.4. The van der Waals surface area contributed by atoms with Crippen molar-refractivity contribution in [2.75, 3.05) is 11.1 Å². The molecule has 0 aliphatic rings. The van der Waals surface area contributed by atoms with E-state index in [1.54, 1.807) is 42.7 Å². The van der Waals surface area contributed by atoms with Gasteiger partial charge in [0.25, 0.3) is 5.91 Å². The molecule has 0 spiro atoms. The molecule has 150 valence electrons. The van der Waals surface area contributed by atoms with Crippen molar-refractivity contribution in [3.63, 3.8) is 0 Å². The maximum atomic E-state index is 12.8. The van der Waals surface area contributed by atoms with E-state index < -0.39 is 0 Å². The number of rotatable bonds is 5. The molecule has 30 heavy (non-hydrogen) atoms. The van der Waals surface area contributed by atoms with Gasteiger partial charge >= 0.3 is 0 Å². The molecule has 6 nitrogen and oxygen atoms in total. The number of nitrogen functional groups attached to an aromatic ring is 1. The number of nitrogens with zero attached hydrogens (tertiary/aromatic N) is 2. The molecule has 2 aromatic heterocycles. The van der Waals surface area contributed by atoms with Crippen LogP contribution in [-0.2, 0) is 0 Å². The smallest absolute Gasteiger partial charge is 0.255 e. The van der Waals surface area contributed by atoms with E-state index in [0.717, 1.165) is 22.3 Å². The van der Waals surface area contributed by atoms with Crippen molar-refractivity contribution < 1.29 is 9.53 Å². The van der Waals surface area contributed by atoms with Gasteiger partial charge in [0.05, 0.1) is 17.3 Å². The van der Waals surface area contributed by atoms with Crippen LogP contribution in [0.15, 0.2) is 73.1 Å². The number of pyridine rings is 2. The number of fused-ring (bicyclic) bond motifs is 1. The topological polar surface area (TPSA) is 90.1 Å². The molecule has 0 aliphatic carbocycles. The lowest BCUT2D eigenvalue weighted by Gasteiger charge is -2.12. The predicted molar refractivity (Wildman–Crippen MR) is 120 cm³/mol. The molecule has 2 heterocycles. The first-order valence-electron chi connectivity index (χ1n) is 9.69. The van der Waals surface area contributed by atoms with Crippen molar-refractivity contribution in [2.45, 2.75) is 20.0 Å². The molecule has 6 heteroatoms. The average molecular weight is 398 g/mol. The lowest BCUT2D eigenvalue weighted by Crippen LogP contribution is -2.12. The Labute approximate surface area is 174 Å². The summed E-state index contributed by atoms with van der Waals surface area (Å²) in [5.74, 6) is 0.991. The van der Waals surface area contributed by atoms with Gasteiger partial charge in [0.2, 0.25) is 0 Å². The third-order valence-electron chi connectivity index (χ3n) is 4.60. The van der Waals surface area contributed by atoms with Gasteiger partial charge in [-0.15, -0.1) is 0 Å². The van der Waals surface area contributed by atoms with Crippen molar-refractivity contribution in [1.82, 2.24) is 9.97 Å². The number of hydrogen-bond acceptors (Lipinski definition) is 5. The Morgan fingerprint density at radius 3 is 2.50 bits per heavy atom. The number of ether oxygens (including phenoxy) is 1. The molecule has 0 radical (unpaired) electrons. The molecule has 0 saturated heterocycles. The summed E-state index contributed by atoms with van der Waals surface area (Å²) in [6.07, 6.45) is 3.54. The number of nitrogens with one attached hydrogen (secondary N) is 1. The van der Waals surface area contributed by atoms with Crippen LogP contribution in [0.4, 0.5) is 11.5 Å². The van der Waals surface area contributed by atoms with Crippen LogP contribution >= 0.6 is 0 Å². The lowest BCUT2D eigenvalue weighted by atomic mass is 10.0. The summed E-state index contributed by atoms with van der Waals surface area (Å²) >= 11 is 0. The average Bonchev–Trinajstić information content (AvgIpc) is 2.74. The van der Waals surface area contributed by atoms with Crippen LogP contribution in [-0.4, -0.2) is 22.0 Å². The highest BCUT2D eigenvalue weighted by Gasteiger charge is 2.12. The van der Waals surface area contributed by atoms with Crippen LogP contribution in [0.3, 0.4) is 0 Å². The van der Waals surface area contributed by atoms with Gasteiger partial charge < -0.3 is 15.8 Å². The second-order valence-electron chi connectivity index (χ2n) is 7.18. The molecular weight excluding hydrogens is 376 g/mol. The summed E-state index contributed by atoms with van der Waals surface area (Å²) in [6, 6.07) is 18.4. The van der Waals surface area contributed by atoms with Gasteiger partial charge in [0, 0.05) is 28.9 Å². The Kier molecular flexibility index (Phi) is 5.30. The molecule has 4 aromatic rings. The first-order chi connectivity index (χ1) is 14.5. The standard InChI is InChI=1S/C24H22N4O2/c1-15(2)30-18-9-6-16(7-10-18)24(29)28-21-5-3-4-20-19(12-13-26-23(20)21)17-8-11-22(25)27-14-17/h3-15H,1-2H3,(H2,25,27)(H,28,29). The maximum absolute atomic E-state index is 12.8. The molecule has 0 atom stereocenters. The summed E-state index contributed by atoms with van der Waals surface area (Å²) in [6.45, 7) is 3.92. The van der Waals surface area contributed by atoms with E-state index in [-0.39, 0.29) is 12.0 Å². The molecule has 0 aliphatic heterocycles. The minimum atomic E-state index is -0.208. The minimum absolute atomic E-state index is 0.0804. The predicted octanol–water partition coefficient (Wildman–Crippen LogP) is 4.92. The highest BCUT2D eigenvalue weighted by atomic mass is 16.5. The first-order valence-corrected chi connectivity index (χ1v) is 9.69. The molecule has 4 rings (SSSR count). The van der Waals surface area contributed by atoms with E-state index >= 15 is 0 Å². The Morgan fingerprint density at radius 1 is 1.00 bits per heavy atom. The van der Waals surface area contributed by atoms with Crippen molar-refractivity contribution in [2.24, 2.45) is 0 Å². The Hall–Kier alpha value is -3.93. The fourth-order valence-electron chi connectivity index (χ4n) is 3.24. The largest absolute Gasteiger partial charge is 0.491 e. The molecule has 0 saturated carbocycles. The van der Waals surface area contributed by atoms with E-state index in [1.165, 1.54) is 0 Å². The highest BCUT2D eigenvalue weighted by Crippen LogP contribution is 2.31. The molecule has 3 N–H and O–H groups in total. The van der Waals surface area contributed by atoms with Crippen LogP contribution in [0, 0.1) is 0 Å². The zero-order chi connectivity index (χ0) is 21.1. The zero-order valence-corrected chi connectivity index (χ0v) is 16.8. The number of benzene rings is 2. The number of anilines is 2. The van der Waals surface area contributed by atoms with Crippen LogP contribution < -0.4 is 15.8 Å². The normalized spacial score (nSPS) is 10.9. The number of nitrogens with two attached hydrogens (primary N) is 1. The molecule has 0 unspecified atom stereocenters. The SMILES string of the molecule is CC(C)Oc1ccc(C(=O)Nc2cccc3c(-c4ccc(N)nc4)ccnc23)cc1. The van der Waals surface area contributed by atoms with Crippen LogP contribution in [0.5, 0.6) is 5.75 Å². The summed E-state index contributed by atoms with van der Waals surface area (Å²) in [5, 5.41) is 3.89. The van der Waals surface area contributed by atoms with Gasteiger partial charge in [-0.25, -0.2) is 4.98 Å². The van der Waals surface area contributed by atoms with Gasteiger partial charge in [0.1, 0.15) is 11.6 Å². The monoisotopic (exact) mass is 398 g/mol. The Balaban J connectivity index is 1.64. The van der Waals surface area contributed by atoms with Gasteiger partial charge in [-0.2, -0.15) is 0 Å². The number of para-hydroxylation sites is 1. The van der Waals surface area contributed by atoms with Crippen LogP contribution in [0.2, 0.25) is 0 Å². The van der Waals surface area contributed by atoms with Gasteiger partial charge in [-0.05, 0) is 67.9 Å². The molecule has 0 bridgehead atoms. The Morgan fingerprint density at radius 2 is 1.80 bits per heavy atom. The van der Waals surface area contributed by atoms with Crippen molar-refractivity contribution in [1.29, 1.82) is 0 Å². The molecule has 0 fully saturated rings. The lowest BCUT2D eigenvalue weighted by molar-refractivity contribution is 0.102. The molecule has 2 aromatic carbocycles. The van der Waals surface area contributed by atoms with Crippen molar-refractivity contribution in [3.8, 4) is 16.9 Å². The van der Waals surface area contributed by atoms with Crippen LogP contribution in [0.1, 0.15) is 24.2 Å². The zero-order valence-electron chi connectivity index (χ0n) is 16.8. The third kappa shape index (κ3) is 4.07. The van der Waals surface area contributed by atoms with Gasteiger partial charge in [0.15, 0.2) is 0 Å². The number of carbonyl (C=O) groups is 1. The van der Waals surface area contributed by atoms with Crippen molar-refractivity contribution in [3.05, 3.63) is 78.6 Å². The Bertz CT molecular complexity index is 1190. The minimum Gasteiger partial charge on any atom is -0.491 e. The maximum Gasteiger partial charge on any atom is 0.255 e. The quantitative estimate of drug-likeness (QED) is 0.498. The number of amides is 1. The third-order valence-corrected chi connectivity index (χ3v) is 4.60. The highest BCUT2D eigenvalue weighted by molar-refractivity contribution is 6.10. The molecular formula is C24H22N4O2. The summed E-state index contributed by atoms with van der Waals surface area (Å²) in [7, 11) is 0. The fraction of sp³-hybridized carbons (Fsp3) is 0.125. The van der Waals surface area contributed by atoms with Gasteiger partial charge in [-0.1, -0.05) is 12.1 Å². The summed E-state index contributed by atoms with van der Waals surface area (Å²) in [4.78, 5) is 21.5. The second-order valence-corrected chi connectivity index (χ2v) is 7.18. The van der Waals surface area contributed by atoms with Gasteiger partial charge in [-0.3, -0.25) is 9.78 Å².